The van der Waals surface area contributed by atoms with E-state index in [0.717, 1.165) is 14.5 Å². The molecule has 0 saturated carbocycles. The van der Waals surface area contributed by atoms with E-state index in [4.69, 9.17) is 11.6 Å². The molecule has 1 aromatic carbocycles. The number of hydrogen-bond donors (Lipinski definition) is 0. The van der Waals surface area contributed by atoms with Gasteiger partial charge in [0, 0.05) is 14.0 Å². The van der Waals surface area contributed by atoms with E-state index in [2.05, 4.69) is 36.6 Å². The fourth-order valence-corrected chi connectivity index (χ4v) is 2.91. The van der Waals surface area contributed by atoms with Crippen LogP contribution in [0.2, 0.25) is 5.02 Å². The molecule has 0 amide bonds. The highest BCUT2D eigenvalue weighted by atomic mass is 79.9. The Balaban J connectivity index is 3.02. The van der Waals surface area contributed by atoms with Gasteiger partial charge in [0.15, 0.2) is 0 Å². The quantitative estimate of drug-likeness (QED) is 0.768. The van der Waals surface area contributed by atoms with Crippen LogP contribution in [-0.2, 0) is 16.0 Å². The number of hydrogen-bond acceptors (Lipinski definition) is 2. The minimum absolute atomic E-state index is 0.217. The Morgan fingerprint density at radius 1 is 1.43 bits per heavy atom. The average molecular weight is 342 g/mol. The second-order valence-corrected chi connectivity index (χ2v) is 4.75. The number of halogens is 3. The summed E-state index contributed by atoms with van der Waals surface area (Å²) < 4.78 is 6.17. The normalized spacial score (nSPS) is 10.0. The second-order valence-electron chi connectivity index (χ2n) is 2.60. The first-order chi connectivity index (χ1) is 6.54. The largest absolute Gasteiger partial charge is 0.469 e. The van der Waals surface area contributed by atoms with Crippen molar-refractivity contribution in [3.63, 3.8) is 0 Å². The molecule has 0 saturated heterocycles. The van der Waals surface area contributed by atoms with Gasteiger partial charge in [-0.2, -0.15) is 0 Å². The fraction of sp³-hybridized carbons (Fsp3) is 0.222. The van der Waals surface area contributed by atoms with Crippen LogP contribution in [0.1, 0.15) is 5.56 Å². The monoisotopic (exact) mass is 340 g/mol. The topological polar surface area (TPSA) is 26.3 Å². The Kier molecular flexibility index (Phi) is 4.41. The van der Waals surface area contributed by atoms with Crippen LogP contribution in [0.4, 0.5) is 0 Å². The predicted octanol–water partition coefficient (Wildman–Crippen LogP) is 3.58. The van der Waals surface area contributed by atoms with Crippen LogP contribution in [-0.4, -0.2) is 13.1 Å². The number of methoxy groups -OCH3 is 1. The Bertz CT molecular complexity index is 343. The summed E-state index contributed by atoms with van der Waals surface area (Å²) in [6, 6.07) is 3.48. The van der Waals surface area contributed by atoms with Gasteiger partial charge in [-0.25, -0.2) is 0 Å². The molecule has 0 radical (unpaired) electrons. The zero-order valence-electron chi connectivity index (χ0n) is 7.31. The van der Waals surface area contributed by atoms with Gasteiger partial charge in [0.05, 0.1) is 13.5 Å². The van der Waals surface area contributed by atoms with Gasteiger partial charge < -0.3 is 4.74 Å². The summed E-state index contributed by atoms with van der Waals surface area (Å²) >= 11 is 12.5. The van der Waals surface area contributed by atoms with Gasteiger partial charge in [-0.15, -0.1) is 0 Å². The maximum absolute atomic E-state index is 11.1. The highest BCUT2D eigenvalue weighted by Gasteiger charge is 2.11. The molecule has 0 aromatic heterocycles. The van der Waals surface area contributed by atoms with Crippen molar-refractivity contribution in [1.29, 1.82) is 0 Å². The number of rotatable bonds is 2. The van der Waals surface area contributed by atoms with E-state index in [1.165, 1.54) is 7.11 Å². The van der Waals surface area contributed by atoms with E-state index in [-0.39, 0.29) is 12.4 Å². The standard InChI is InChI=1S/C9H7Br2ClO2/c1-14-9(13)4-6-7(10)2-5(12)3-8(6)11/h2-3H,4H2,1H3. The van der Waals surface area contributed by atoms with Gasteiger partial charge in [0.1, 0.15) is 0 Å². The summed E-state index contributed by atoms with van der Waals surface area (Å²) in [6.45, 7) is 0. The van der Waals surface area contributed by atoms with Crippen LogP contribution in [0.25, 0.3) is 0 Å². The molecule has 0 heterocycles. The third kappa shape index (κ3) is 2.97. The predicted molar refractivity (Wildman–Crippen MR) is 62.6 cm³/mol. The molecule has 14 heavy (non-hydrogen) atoms. The van der Waals surface area contributed by atoms with E-state index in [1.807, 2.05) is 0 Å². The molecule has 0 atom stereocenters. The molecule has 0 unspecified atom stereocenters. The van der Waals surface area contributed by atoms with Crippen molar-refractivity contribution in [3.8, 4) is 0 Å². The molecule has 0 fully saturated rings. The van der Waals surface area contributed by atoms with Crippen molar-refractivity contribution < 1.29 is 9.53 Å². The van der Waals surface area contributed by atoms with Crippen LogP contribution < -0.4 is 0 Å². The average Bonchev–Trinajstić information content (AvgIpc) is 2.10. The number of ether oxygens (including phenoxy) is 1. The van der Waals surface area contributed by atoms with E-state index >= 15 is 0 Å². The van der Waals surface area contributed by atoms with E-state index in [9.17, 15) is 4.79 Å². The minimum Gasteiger partial charge on any atom is -0.469 e. The molecule has 2 nitrogen and oxygen atoms in total. The van der Waals surface area contributed by atoms with E-state index in [0.29, 0.717) is 5.02 Å². The highest BCUT2D eigenvalue weighted by molar-refractivity contribution is 9.11. The van der Waals surface area contributed by atoms with Crippen molar-refractivity contribution in [2.75, 3.05) is 7.11 Å². The Morgan fingerprint density at radius 2 is 1.93 bits per heavy atom. The molecule has 1 aromatic rings. The van der Waals surface area contributed by atoms with Gasteiger partial charge in [-0.3, -0.25) is 4.79 Å². The molecule has 0 spiro atoms. The number of carbonyl (C=O) groups excluding carboxylic acids is 1. The summed E-state index contributed by atoms with van der Waals surface area (Å²) in [5, 5.41) is 0.609. The summed E-state index contributed by atoms with van der Waals surface area (Å²) in [5.74, 6) is -0.284. The van der Waals surface area contributed by atoms with Crippen molar-refractivity contribution in [2.45, 2.75) is 6.42 Å². The minimum atomic E-state index is -0.284. The Hall–Kier alpha value is -0.0600. The van der Waals surface area contributed by atoms with Gasteiger partial charge >= 0.3 is 5.97 Å². The molecule has 76 valence electrons. The van der Waals surface area contributed by atoms with E-state index < -0.39 is 0 Å². The number of esters is 1. The third-order valence-electron chi connectivity index (χ3n) is 1.65. The third-order valence-corrected chi connectivity index (χ3v) is 3.29. The first kappa shape index (κ1) is 12.0. The summed E-state index contributed by atoms with van der Waals surface area (Å²) in [4.78, 5) is 11.1. The second kappa shape index (κ2) is 5.14. The van der Waals surface area contributed by atoms with Crippen LogP contribution in [0, 0.1) is 0 Å². The molecule has 0 aliphatic carbocycles. The first-order valence-electron chi connectivity index (χ1n) is 3.75. The van der Waals surface area contributed by atoms with Crippen molar-refractivity contribution in [2.24, 2.45) is 0 Å². The smallest absolute Gasteiger partial charge is 0.310 e. The van der Waals surface area contributed by atoms with Gasteiger partial charge in [0.25, 0.3) is 0 Å². The van der Waals surface area contributed by atoms with Crippen LogP contribution >= 0.6 is 43.5 Å². The summed E-state index contributed by atoms with van der Waals surface area (Å²) in [6.07, 6.45) is 0.217. The number of carbonyl (C=O) groups is 1. The van der Waals surface area contributed by atoms with Crippen molar-refractivity contribution >= 4 is 49.4 Å². The maximum atomic E-state index is 11.1. The molecule has 1 rings (SSSR count). The molecule has 5 heteroatoms. The lowest BCUT2D eigenvalue weighted by molar-refractivity contribution is -0.139. The van der Waals surface area contributed by atoms with Crippen LogP contribution in [0.5, 0.6) is 0 Å². The molecule has 0 aliphatic rings. The first-order valence-corrected chi connectivity index (χ1v) is 5.71. The SMILES string of the molecule is COC(=O)Cc1c(Br)cc(Cl)cc1Br. The van der Waals surface area contributed by atoms with Crippen LogP contribution in [0.15, 0.2) is 21.1 Å². The van der Waals surface area contributed by atoms with Gasteiger partial charge in [-0.1, -0.05) is 43.5 Å². The van der Waals surface area contributed by atoms with Crippen LogP contribution in [0.3, 0.4) is 0 Å². The zero-order chi connectivity index (χ0) is 10.7. The molecule has 0 N–H and O–H groups in total. The fourth-order valence-electron chi connectivity index (χ4n) is 0.957. The molecular weight excluding hydrogens is 335 g/mol. The highest BCUT2D eigenvalue weighted by Crippen LogP contribution is 2.30. The lowest BCUT2D eigenvalue weighted by Crippen LogP contribution is -2.05. The van der Waals surface area contributed by atoms with Crippen molar-refractivity contribution in [3.05, 3.63) is 31.7 Å². The van der Waals surface area contributed by atoms with E-state index in [1.54, 1.807) is 12.1 Å². The van der Waals surface area contributed by atoms with Gasteiger partial charge in [-0.05, 0) is 17.7 Å². The molecule has 0 bridgehead atoms. The molecular formula is C9H7Br2ClO2. The van der Waals surface area contributed by atoms with Gasteiger partial charge in [0.2, 0.25) is 0 Å². The Labute approximate surface area is 104 Å². The lowest BCUT2D eigenvalue weighted by atomic mass is 10.1. The maximum Gasteiger partial charge on any atom is 0.310 e. The lowest BCUT2D eigenvalue weighted by Gasteiger charge is -2.06. The van der Waals surface area contributed by atoms with Crippen molar-refractivity contribution in [1.82, 2.24) is 0 Å². The Morgan fingerprint density at radius 3 is 2.36 bits per heavy atom. The number of benzene rings is 1. The summed E-state index contributed by atoms with van der Waals surface area (Å²) in [5.41, 5.74) is 0.834. The molecule has 0 aliphatic heterocycles. The summed E-state index contributed by atoms with van der Waals surface area (Å²) in [7, 11) is 1.36. The zero-order valence-corrected chi connectivity index (χ0v) is 11.2.